The maximum atomic E-state index is 6.44. The van der Waals surface area contributed by atoms with E-state index in [9.17, 15) is 0 Å². The van der Waals surface area contributed by atoms with Gasteiger partial charge in [0.2, 0.25) is 0 Å². The standard InChI is InChI=1S/C65H39N3O2/c1-2-17-40(18-3-1)52-27-16-28-53(66-52)41-37-42(67-54-29-8-4-19-48(54)62-44(23-12-31-56(62)67)46-25-14-35-60-64(46)50-21-6-10-33-58(50)69-60)39-43(38-41)68-55-30-9-5-20-49(55)63-45(24-13-32-57(63)68)47-26-15-36-61-65(47)51-22-7-11-34-59(51)70-61/h1-39H. The Morgan fingerprint density at radius 1 is 0.271 bits per heavy atom. The first-order chi connectivity index (χ1) is 34.7. The fraction of sp³-hybridized carbons (Fsp3) is 0. The molecule has 0 saturated heterocycles. The third-order valence-electron chi connectivity index (χ3n) is 14.3. The van der Waals surface area contributed by atoms with Crippen LogP contribution in [0.15, 0.2) is 245 Å². The Morgan fingerprint density at radius 3 is 1.19 bits per heavy atom. The van der Waals surface area contributed by atoms with Crippen molar-refractivity contribution in [2.24, 2.45) is 0 Å². The van der Waals surface area contributed by atoms with Gasteiger partial charge in [0.15, 0.2) is 0 Å². The van der Waals surface area contributed by atoms with E-state index >= 15 is 0 Å². The summed E-state index contributed by atoms with van der Waals surface area (Å²) in [5, 5.41) is 9.20. The number of para-hydroxylation sites is 4. The minimum Gasteiger partial charge on any atom is -0.456 e. The normalized spacial score (nSPS) is 12.0. The number of pyridine rings is 1. The number of rotatable bonds is 6. The molecule has 5 nitrogen and oxygen atoms in total. The zero-order valence-corrected chi connectivity index (χ0v) is 37.7. The number of hydrogen-bond donors (Lipinski definition) is 0. The van der Waals surface area contributed by atoms with Crippen LogP contribution in [0.25, 0.3) is 144 Å². The lowest BCUT2D eigenvalue weighted by atomic mass is 9.95. The van der Waals surface area contributed by atoms with Crippen LogP contribution < -0.4 is 0 Å². The molecular weight excluding hydrogens is 855 g/mol. The molecule has 15 rings (SSSR count). The first-order valence-electron chi connectivity index (χ1n) is 23.8. The molecule has 0 saturated carbocycles. The van der Waals surface area contributed by atoms with Crippen molar-refractivity contribution in [2.45, 2.75) is 0 Å². The average Bonchev–Trinajstić information content (AvgIpc) is 4.19. The SMILES string of the molecule is c1ccc(-c2cccc(-c3cc(-n4c5ccccc5c5c(-c6cccc7oc8ccccc8c67)cccc54)cc(-n4c5ccccc5c5c(-c6cccc7oc8ccccc8c67)cccc54)c3)n2)cc1. The zero-order valence-electron chi connectivity index (χ0n) is 37.7. The number of furan rings is 2. The lowest BCUT2D eigenvalue weighted by Gasteiger charge is -2.16. The molecule has 0 atom stereocenters. The van der Waals surface area contributed by atoms with E-state index in [-0.39, 0.29) is 0 Å². The van der Waals surface area contributed by atoms with Crippen LogP contribution in [-0.2, 0) is 0 Å². The van der Waals surface area contributed by atoms with Crippen LogP contribution in [0, 0.1) is 0 Å². The third-order valence-corrected chi connectivity index (χ3v) is 14.3. The van der Waals surface area contributed by atoms with Crippen molar-refractivity contribution >= 4 is 87.5 Å². The van der Waals surface area contributed by atoms with E-state index in [1.165, 1.54) is 21.5 Å². The van der Waals surface area contributed by atoms with Crippen LogP contribution in [0.5, 0.6) is 0 Å². The molecule has 0 bridgehead atoms. The Balaban J connectivity index is 1.02. The summed E-state index contributed by atoms with van der Waals surface area (Å²) < 4.78 is 17.8. The van der Waals surface area contributed by atoms with E-state index < -0.39 is 0 Å². The van der Waals surface area contributed by atoms with E-state index in [1.807, 2.05) is 18.2 Å². The van der Waals surface area contributed by atoms with Gasteiger partial charge >= 0.3 is 0 Å². The molecule has 0 aliphatic heterocycles. The molecule has 5 aromatic heterocycles. The smallest absolute Gasteiger partial charge is 0.136 e. The van der Waals surface area contributed by atoms with E-state index in [0.717, 1.165) is 122 Å². The predicted octanol–water partition coefficient (Wildman–Crippen LogP) is 17.7. The van der Waals surface area contributed by atoms with E-state index in [0.29, 0.717) is 0 Å². The van der Waals surface area contributed by atoms with Crippen LogP contribution in [-0.4, -0.2) is 14.1 Å². The molecular formula is C65H39N3O2. The summed E-state index contributed by atoms with van der Waals surface area (Å²) in [5.41, 5.74) is 18.6. The lowest BCUT2D eigenvalue weighted by Crippen LogP contribution is -2.01. The quantitative estimate of drug-likeness (QED) is 0.167. The first kappa shape index (κ1) is 38.6. The van der Waals surface area contributed by atoms with Crippen molar-refractivity contribution in [1.82, 2.24) is 14.1 Å². The Kier molecular flexibility index (Phi) is 8.29. The molecule has 0 N–H and O–H groups in total. The highest BCUT2D eigenvalue weighted by molar-refractivity contribution is 6.23. The van der Waals surface area contributed by atoms with Gasteiger partial charge in [-0.15, -0.1) is 0 Å². The monoisotopic (exact) mass is 893 g/mol. The topological polar surface area (TPSA) is 49.0 Å². The maximum absolute atomic E-state index is 6.44. The highest BCUT2D eigenvalue weighted by Crippen LogP contribution is 2.46. The molecule has 0 aliphatic rings. The van der Waals surface area contributed by atoms with Gasteiger partial charge in [0.25, 0.3) is 0 Å². The largest absolute Gasteiger partial charge is 0.456 e. The summed E-state index contributed by atoms with van der Waals surface area (Å²) in [6, 6.07) is 84.4. The molecule has 10 aromatic carbocycles. The Bertz CT molecular complexity index is 4350. The van der Waals surface area contributed by atoms with Crippen LogP contribution in [0.2, 0.25) is 0 Å². The summed E-state index contributed by atoms with van der Waals surface area (Å²) in [5.74, 6) is 0. The minimum absolute atomic E-state index is 0.881. The Morgan fingerprint density at radius 2 is 0.657 bits per heavy atom. The summed E-state index contributed by atoms with van der Waals surface area (Å²) in [4.78, 5) is 5.38. The second-order valence-electron chi connectivity index (χ2n) is 18.2. The van der Waals surface area contributed by atoms with Crippen LogP contribution in [0.3, 0.4) is 0 Å². The molecule has 15 aromatic rings. The molecule has 0 spiro atoms. The molecule has 0 fully saturated rings. The van der Waals surface area contributed by atoms with Gasteiger partial charge in [0, 0.05) is 65.6 Å². The minimum atomic E-state index is 0.881. The Hall–Kier alpha value is -9.45. The molecule has 0 aliphatic carbocycles. The molecule has 326 valence electrons. The highest BCUT2D eigenvalue weighted by atomic mass is 16.3. The summed E-state index contributed by atoms with van der Waals surface area (Å²) in [6.07, 6.45) is 0. The zero-order chi connectivity index (χ0) is 45.9. The number of benzene rings is 10. The van der Waals surface area contributed by atoms with Gasteiger partial charge in [-0.25, -0.2) is 4.98 Å². The second-order valence-corrected chi connectivity index (χ2v) is 18.2. The number of aromatic nitrogens is 3. The van der Waals surface area contributed by atoms with Crippen LogP contribution in [0.4, 0.5) is 0 Å². The molecule has 5 heteroatoms. The first-order valence-corrected chi connectivity index (χ1v) is 23.8. The van der Waals surface area contributed by atoms with Gasteiger partial charge in [-0.2, -0.15) is 0 Å². The van der Waals surface area contributed by atoms with Gasteiger partial charge in [0.1, 0.15) is 22.3 Å². The van der Waals surface area contributed by atoms with Crippen molar-refractivity contribution < 1.29 is 8.83 Å². The number of nitrogens with zero attached hydrogens (tertiary/aromatic N) is 3. The van der Waals surface area contributed by atoms with E-state index in [4.69, 9.17) is 13.8 Å². The predicted molar refractivity (Wildman–Crippen MR) is 289 cm³/mol. The number of hydrogen-bond acceptors (Lipinski definition) is 3. The molecule has 5 heterocycles. The molecule has 0 radical (unpaired) electrons. The fourth-order valence-corrected chi connectivity index (χ4v) is 11.4. The van der Waals surface area contributed by atoms with Crippen LogP contribution >= 0.6 is 0 Å². The summed E-state index contributed by atoms with van der Waals surface area (Å²) in [6.45, 7) is 0. The number of fused-ring (bicyclic) bond motifs is 12. The van der Waals surface area contributed by atoms with Crippen molar-refractivity contribution in [1.29, 1.82) is 0 Å². The van der Waals surface area contributed by atoms with Gasteiger partial charge in [-0.3, -0.25) is 0 Å². The van der Waals surface area contributed by atoms with E-state index in [1.54, 1.807) is 0 Å². The second kappa shape index (κ2) is 15.0. The van der Waals surface area contributed by atoms with Crippen molar-refractivity contribution in [3.8, 4) is 56.1 Å². The van der Waals surface area contributed by atoms with Crippen molar-refractivity contribution in [2.75, 3.05) is 0 Å². The molecule has 70 heavy (non-hydrogen) atoms. The molecule has 0 amide bonds. The summed E-state index contributed by atoms with van der Waals surface area (Å²) >= 11 is 0. The van der Waals surface area contributed by atoms with Gasteiger partial charge < -0.3 is 18.0 Å². The molecule has 0 unspecified atom stereocenters. The van der Waals surface area contributed by atoms with E-state index in [2.05, 4.69) is 228 Å². The lowest BCUT2D eigenvalue weighted by molar-refractivity contribution is 0.668. The van der Waals surface area contributed by atoms with Gasteiger partial charge in [0.05, 0.1) is 33.5 Å². The fourth-order valence-electron chi connectivity index (χ4n) is 11.4. The third kappa shape index (κ3) is 5.69. The van der Waals surface area contributed by atoms with Crippen molar-refractivity contribution in [3.05, 3.63) is 237 Å². The Labute approximate surface area is 401 Å². The summed E-state index contributed by atoms with van der Waals surface area (Å²) in [7, 11) is 0. The van der Waals surface area contributed by atoms with Crippen LogP contribution in [0.1, 0.15) is 0 Å². The van der Waals surface area contributed by atoms with Crippen molar-refractivity contribution in [3.63, 3.8) is 0 Å². The average molecular weight is 894 g/mol. The van der Waals surface area contributed by atoms with Gasteiger partial charge in [-0.05, 0) is 101 Å². The highest BCUT2D eigenvalue weighted by Gasteiger charge is 2.23. The maximum Gasteiger partial charge on any atom is 0.136 e. The van der Waals surface area contributed by atoms with Gasteiger partial charge in [-0.1, -0.05) is 158 Å².